The Morgan fingerprint density at radius 1 is 1.17 bits per heavy atom. The zero-order chi connectivity index (χ0) is 17.8. The summed E-state index contributed by atoms with van der Waals surface area (Å²) in [5, 5.41) is 0. The van der Waals surface area contributed by atoms with Gasteiger partial charge in [0.1, 0.15) is 0 Å². The van der Waals surface area contributed by atoms with Gasteiger partial charge in [0.25, 0.3) is 10.2 Å². The molecule has 0 aromatic carbocycles. The van der Waals surface area contributed by atoms with Crippen molar-refractivity contribution in [2.75, 3.05) is 20.1 Å². The fraction of sp³-hybridized carbons (Fsp3) is 0.722. The summed E-state index contributed by atoms with van der Waals surface area (Å²) in [6, 6.07) is 5.66. The van der Waals surface area contributed by atoms with Gasteiger partial charge >= 0.3 is 0 Å². The lowest BCUT2D eigenvalue weighted by Gasteiger charge is -2.39. The molecule has 1 aliphatic rings. The van der Waals surface area contributed by atoms with E-state index in [1.807, 2.05) is 18.2 Å². The van der Waals surface area contributed by atoms with Crippen LogP contribution in [0.15, 0.2) is 24.4 Å². The van der Waals surface area contributed by atoms with Gasteiger partial charge in [-0.3, -0.25) is 4.98 Å². The lowest BCUT2D eigenvalue weighted by atomic mass is 9.84. The van der Waals surface area contributed by atoms with Crippen LogP contribution in [0.2, 0.25) is 0 Å². The van der Waals surface area contributed by atoms with E-state index in [-0.39, 0.29) is 11.5 Å². The molecule has 0 radical (unpaired) electrons. The van der Waals surface area contributed by atoms with Crippen LogP contribution in [0, 0.1) is 5.41 Å². The molecule has 1 fully saturated rings. The average Bonchev–Trinajstić information content (AvgIpc) is 2.81. The van der Waals surface area contributed by atoms with Crippen LogP contribution in [0.5, 0.6) is 0 Å². The van der Waals surface area contributed by atoms with Crippen LogP contribution in [0.4, 0.5) is 0 Å². The molecule has 1 aliphatic heterocycles. The van der Waals surface area contributed by atoms with Gasteiger partial charge in [0.2, 0.25) is 0 Å². The molecule has 0 spiro atoms. The van der Waals surface area contributed by atoms with Gasteiger partial charge in [-0.1, -0.05) is 39.7 Å². The molecule has 2 heterocycles. The summed E-state index contributed by atoms with van der Waals surface area (Å²) >= 11 is 0. The molecule has 1 saturated heterocycles. The minimum atomic E-state index is -3.45. The molecule has 1 aromatic heterocycles. The van der Waals surface area contributed by atoms with E-state index < -0.39 is 10.2 Å². The van der Waals surface area contributed by atoms with E-state index in [0.717, 1.165) is 31.4 Å². The number of nitrogens with zero attached hydrogens (tertiary/aromatic N) is 3. The zero-order valence-electron chi connectivity index (χ0n) is 15.4. The molecule has 0 amide bonds. The maximum absolute atomic E-state index is 13.1. The smallest absolute Gasteiger partial charge is 0.261 e. The number of aromatic nitrogens is 1. The van der Waals surface area contributed by atoms with Crippen LogP contribution in [0.25, 0.3) is 0 Å². The summed E-state index contributed by atoms with van der Waals surface area (Å²) in [4.78, 5) is 4.39. The molecular weight excluding hydrogens is 322 g/mol. The van der Waals surface area contributed by atoms with Gasteiger partial charge in [0.05, 0.1) is 0 Å². The lowest BCUT2D eigenvalue weighted by molar-refractivity contribution is 0.186. The molecule has 5 nitrogen and oxygen atoms in total. The van der Waals surface area contributed by atoms with Gasteiger partial charge in [-0.2, -0.15) is 17.0 Å². The highest BCUT2D eigenvalue weighted by Gasteiger charge is 2.38. The Morgan fingerprint density at radius 2 is 1.79 bits per heavy atom. The Balaban J connectivity index is 2.24. The first-order valence-corrected chi connectivity index (χ1v) is 10.3. The largest absolute Gasteiger partial charge is 0.282 e. The second-order valence-corrected chi connectivity index (χ2v) is 9.73. The average molecular weight is 354 g/mol. The second-order valence-electron chi connectivity index (χ2n) is 7.74. The van der Waals surface area contributed by atoms with E-state index in [4.69, 9.17) is 0 Å². The Kier molecular flexibility index (Phi) is 6.39. The van der Waals surface area contributed by atoms with Crippen LogP contribution in [0.3, 0.4) is 0 Å². The summed E-state index contributed by atoms with van der Waals surface area (Å²) in [5.74, 6) is 0. The molecule has 0 N–H and O–H groups in total. The van der Waals surface area contributed by atoms with E-state index in [1.165, 1.54) is 0 Å². The predicted molar refractivity (Wildman–Crippen MR) is 97.9 cm³/mol. The number of pyridine rings is 1. The SMILES string of the molecule is CN(C(Cc1ccccn1)C(C)(C)C)S(=O)(=O)N1CCCCCC1. The summed E-state index contributed by atoms with van der Waals surface area (Å²) in [7, 11) is -1.73. The molecule has 1 unspecified atom stereocenters. The molecule has 2 rings (SSSR count). The van der Waals surface area contributed by atoms with Crippen LogP contribution in [0.1, 0.15) is 52.1 Å². The van der Waals surface area contributed by atoms with E-state index in [0.29, 0.717) is 19.5 Å². The summed E-state index contributed by atoms with van der Waals surface area (Å²) in [5.41, 5.74) is 0.751. The van der Waals surface area contributed by atoms with Crippen molar-refractivity contribution in [2.45, 2.75) is 58.9 Å². The number of hydrogen-bond donors (Lipinski definition) is 0. The first-order chi connectivity index (χ1) is 11.2. The third-order valence-corrected chi connectivity index (χ3v) is 6.82. The number of hydrogen-bond acceptors (Lipinski definition) is 3. The second kappa shape index (κ2) is 7.93. The van der Waals surface area contributed by atoms with Crippen molar-refractivity contribution in [3.63, 3.8) is 0 Å². The fourth-order valence-corrected chi connectivity index (χ4v) is 5.11. The van der Waals surface area contributed by atoms with Crippen molar-refractivity contribution in [3.8, 4) is 0 Å². The van der Waals surface area contributed by atoms with E-state index in [1.54, 1.807) is 21.9 Å². The summed E-state index contributed by atoms with van der Waals surface area (Å²) in [6.45, 7) is 7.54. The third kappa shape index (κ3) is 4.77. The maximum atomic E-state index is 13.1. The predicted octanol–water partition coefficient (Wildman–Crippen LogP) is 3.09. The fourth-order valence-electron chi connectivity index (χ4n) is 3.31. The quantitative estimate of drug-likeness (QED) is 0.817. The highest BCUT2D eigenvalue weighted by molar-refractivity contribution is 7.86. The normalized spacial score (nSPS) is 19.2. The molecule has 1 atom stereocenters. The van der Waals surface area contributed by atoms with Crippen LogP contribution >= 0.6 is 0 Å². The van der Waals surface area contributed by atoms with E-state index in [2.05, 4.69) is 25.8 Å². The lowest BCUT2D eigenvalue weighted by Crippen LogP contribution is -2.52. The molecule has 6 heteroatoms. The molecule has 0 bridgehead atoms. The Bertz CT molecular complexity index is 603. The number of likely N-dealkylation sites (N-methyl/N-ethyl adjacent to an activating group) is 1. The standard InChI is InChI=1S/C18H31N3O2S/c1-18(2,3)17(15-16-11-7-8-12-19-16)20(4)24(22,23)21-13-9-5-6-10-14-21/h7-8,11-12,17H,5-6,9-10,13-15H2,1-4H3. The van der Waals surface area contributed by atoms with Gasteiger partial charge in [-0.15, -0.1) is 0 Å². The van der Waals surface area contributed by atoms with Gasteiger partial charge in [0.15, 0.2) is 0 Å². The summed E-state index contributed by atoms with van der Waals surface area (Å²) in [6.07, 6.45) is 6.52. The topological polar surface area (TPSA) is 53.5 Å². The highest BCUT2D eigenvalue weighted by Crippen LogP contribution is 2.29. The van der Waals surface area contributed by atoms with Crippen molar-refractivity contribution in [2.24, 2.45) is 5.41 Å². The molecule has 136 valence electrons. The van der Waals surface area contributed by atoms with Gasteiger partial charge in [-0.25, -0.2) is 0 Å². The first-order valence-electron chi connectivity index (χ1n) is 8.86. The Labute approximate surface area is 147 Å². The van der Waals surface area contributed by atoms with Gasteiger partial charge in [0, 0.05) is 44.5 Å². The third-order valence-electron chi connectivity index (χ3n) is 4.82. The molecular formula is C18H31N3O2S. The van der Waals surface area contributed by atoms with Crippen LogP contribution in [-0.4, -0.2) is 48.2 Å². The number of rotatable bonds is 5. The molecule has 24 heavy (non-hydrogen) atoms. The van der Waals surface area contributed by atoms with Gasteiger partial charge in [-0.05, 0) is 30.4 Å². The zero-order valence-corrected chi connectivity index (χ0v) is 16.2. The summed E-state index contributed by atoms with van der Waals surface area (Å²) < 4.78 is 29.5. The van der Waals surface area contributed by atoms with Crippen molar-refractivity contribution in [3.05, 3.63) is 30.1 Å². The van der Waals surface area contributed by atoms with E-state index in [9.17, 15) is 8.42 Å². The van der Waals surface area contributed by atoms with Crippen molar-refractivity contribution < 1.29 is 8.42 Å². The molecule has 1 aromatic rings. The molecule has 0 saturated carbocycles. The minimum Gasteiger partial charge on any atom is -0.261 e. The van der Waals surface area contributed by atoms with E-state index >= 15 is 0 Å². The van der Waals surface area contributed by atoms with Crippen molar-refractivity contribution >= 4 is 10.2 Å². The monoisotopic (exact) mass is 353 g/mol. The van der Waals surface area contributed by atoms with Crippen molar-refractivity contribution in [1.82, 2.24) is 13.6 Å². The highest BCUT2D eigenvalue weighted by atomic mass is 32.2. The van der Waals surface area contributed by atoms with Crippen LogP contribution < -0.4 is 0 Å². The molecule has 0 aliphatic carbocycles. The Morgan fingerprint density at radius 3 is 2.29 bits per heavy atom. The Hall–Kier alpha value is -0.980. The maximum Gasteiger partial charge on any atom is 0.282 e. The first kappa shape index (κ1) is 19.3. The minimum absolute atomic E-state index is 0.138. The van der Waals surface area contributed by atoms with Gasteiger partial charge < -0.3 is 0 Å². The van der Waals surface area contributed by atoms with Crippen LogP contribution in [-0.2, 0) is 16.6 Å². The van der Waals surface area contributed by atoms with Crippen molar-refractivity contribution in [1.29, 1.82) is 0 Å².